The molecule has 3 saturated carbocycles. The van der Waals surface area contributed by atoms with Crippen LogP contribution in [-0.2, 0) is 0 Å². The standard InChI is InChI=1S/C24H24N2O2/c27-21(15-7-3-1-4-8-15)23-11-20-24(22(28)16-9-5-2-6-10-16)12-19(23)25-14-18(24)17(23)13-26-20/h1-10,17-20,25-26H,11-14H2/t17-,18-,19-,20+,23-,24+/m0/s1. The maximum absolute atomic E-state index is 13.7. The second kappa shape index (κ2) is 5.62. The Kier molecular flexibility index (Phi) is 3.34. The molecule has 4 heteroatoms. The second-order valence-corrected chi connectivity index (χ2v) is 9.01. The molecule has 0 amide bonds. The molecule has 4 saturated heterocycles. The molecule has 4 heterocycles. The molecule has 0 radical (unpaired) electrons. The predicted octanol–water partition coefficient (Wildman–Crippen LogP) is 2.71. The first-order chi connectivity index (χ1) is 13.7. The third-order valence-corrected chi connectivity index (χ3v) is 8.22. The second-order valence-electron chi connectivity index (χ2n) is 9.01. The van der Waals surface area contributed by atoms with Crippen LogP contribution >= 0.6 is 0 Å². The lowest BCUT2D eigenvalue weighted by atomic mass is 9.35. The van der Waals surface area contributed by atoms with Gasteiger partial charge in [0.1, 0.15) is 0 Å². The number of benzene rings is 2. The van der Waals surface area contributed by atoms with Gasteiger partial charge in [-0.25, -0.2) is 0 Å². The van der Waals surface area contributed by atoms with Gasteiger partial charge in [0.2, 0.25) is 0 Å². The van der Waals surface area contributed by atoms with Gasteiger partial charge in [0.05, 0.1) is 10.8 Å². The fraction of sp³-hybridized carbons (Fsp3) is 0.417. The number of nitrogens with one attached hydrogen (secondary N) is 2. The summed E-state index contributed by atoms with van der Waals surface area (Å²) in [6, 6.07) is 19.6. The predicted molar refractivity (Wildman–Crippen MR) is 106 cm³/mol. The molecule has 2 N–H and O–H groups in total. The first-order valence-electron chi connectivity index (χ1n) is 10.3. The fourth-order valence-corrected chi connectivity index (χ4v) is 7.11. The van der Waals surface area contributed by atoms with Crippen LogP contribution in [0.5, 0.6) is 0 Å². The van der Waals surface area contributed by atoms with Gasteiger partial charge < -0.3 is 10.6 Å². The number of rotatable bonds is 4. The van der Waals surface area contributed by atoms with Crippen molar-refractivity contribution < 1.29 is 9.59 Å². The minimum absolute atomic E-state index is 0.0845. The number of hydrogen-bond donors (Lipinski definition) is 2. The topological polar surface area (TPSA) is 58.2 Å². The van der Waals surface area contributed by atoms with Gasteiger partial charge >= 0.3 is 0 Å². The van der Waals surface area contributed by atoms with E-state index < -0.39 is 0 Å². The van der Waals surface area contributed by atoms with Crippen molar-refractivity contribution in [2.45, 2.75) is 24.9 Å². The summed E-state index contributed by atoms with van der Waals surface area (Å²) in [5, 5.41) is 7.31. The minimum Gasteiger partial charge on any atom is -0.313 e. The maximum atomic E-state index is 13.7. The van der Waals surface area contributed by atoms with Gasteiger partial charge in [-0.1, -0.05) is 60.7 Å². The lowest BCUT2D eigenvalue weighted by Crippen LogP contribution is -2.85. The Bertz CT molecular complexity index is 880. The van der Waals surface area contributed by atoms with E-state index in [-0.39, 0.29) is 46.3 Å². The Hall–Kier alpha value is -2.30. The van der Waals surface area contributed by atoms with Crippen LogP contribution in [0.25, 0.3) is 0 Å². The molecule has 2 aromatic carbocycles. The Morgan fingerprint density at radius 1 is 0.679 bits per heavy atom. The van der Waals surface area contributed by atoms with Crippen LogP contribution in [0.3, 0.4) is 0 Å². The lowest BCUT2D eigenvalue weighted by Gasteiger charge is -2.73. The molecule has 6 atom stereocenters. The van der Waals surface area contributed by atoms with Crippen LogP contribution < -0.4 is 10.6 Å². The number of hydrogen-bond acceptors (Lipinski definition) is 4. The molecule has 4 aliphatic heterocycles. The average Bonchev–Trinajstić information content (AvgIpc) is 2.79. The van der Waals surface area contributed by atoms with Gasteiger partial charge in [-0.15, -0.1) is 0 Å². The van der Waals surface area contributed by atoms with Crippen molar-refractivity contribution in [3.05, 3.63) is 71.8 Å². The number of piperidine rings is 4. The zero-order chi connectivity index (χ0) is 18.9. The molecule has 9 rings (SSSR count). The number of carbonyl (C=O) groups excluding carboxylic acids is 2. The van der Waals surface area contributed by atoms with E-state index >= 15 is 0 Å². The summed E-state index contributed by atoms with van der Waals surface area (Å²) >= 11 is 0. The van der Waals surface area contributed by atoms with E-state index in [1.165, 1.54) is 0 Å². The quantitative estimate of drug-likeness (QED) is 0.811. The molecule has 3 aliphatic carbocycles. The molecule has 0 aromatic heterocycles. The van der Waals surface area contributed by atoms with E-state index in [4.69, 9.17) is 0 Å². The third kappa shape index (κ3) is 1.83. The van der Waals surface area contributed by atoms with Crippen LogP contribution in [-0.4, -0.2) is 36.7 Å². The van der Waals surface area contributed by atoms with Crippen molar-refractivity contribution in [3.8, 4) is 0 Å². The normalized spacial score (nSPS) is 39.9. The molecule has 4 nitrogen and oxygen atoms in total. The van der Waals surface area contributed by atoms with E-state index in [1.807, 2.05) is 60.7 Å². The largest absolute Gasteiger partial charge is 0.313 e. The van der Waals surface area contributed by atoms with Crippen LogP contribution in [0.2, 0.25) is 0 Å². The maximum Gasteiger partial charge on any atom is 0.170 e. The summed E-state index contributed by atoms with van der Waals surface area (Å²) in [6.07, 6.45) is 1.52. The van der Waals surface area contributed by atoms with Crippen molar-refractivity contribution in [1.29, 1.82) is 0 Å². The van der Waals surface area contributed by atoms with Crippen LogP contribution in [0, 0.1) is 22.7 Å². The summed E-state index contributed by atoms with van der Waals surface area (Å²) in [4.78, 5) is 27.5. The van der Waals surface area contributed by atoms with Gasteiger partial charge in [0.25, 0.3) is 0 Å². The summed E-state index contributed by atoms with van der Waals surface area (Å²) in [5.74, 6) is 0.982. The zero-order valence-electron chi connectivity index (χ0n) is 15.7. The molecule has 6 bridgehead atoms. The van der Waals surface area contributed by atoms with Crippen molar-refractivity contribution in [2.75, 3.05) is 13.1 Å². The van der Waals surface area contributed by atoms with E-state index in [0.717, 1.165) is 37.1 Å². The Labute approximate surface area is 164 Å². The summed E-state index contributed by atoms with van der Waals surface area (Å²) in [6.45, 7) is 1.69. The molecule has 7 aliphatic rings. The molecular formula is C24H24N2O2. The fourth-order valence-electron chi connectivity index (χ4n) is 7.11. The van der Waals surface area contributed by atoms with Crippen LogP contribution in [0.15, 0.2) is 60.7 Å². The molecule has 28 heavy (non-hydrogen) atoms. The minimum atomic E-state index is -0.376. The van der Waals surface area contributed by atoms with E-state index in [9.17, 15) is 9.59 Å². The molecular weight excluding hydrogens is 348 g/mol. The van der Waals surface area contributed by atoms with Crippen LogP contribution in [0.1, 0.15) is 33.6 Å². The number of carbonyl (C=O) groups is 2. The summed E-state index contributed by atoms with van der Waals surface area (Å²) in [5.41, 5.74) is 0.867. The Morgan fingerprint density at radius 3 is 1.46 bits per heavy atom. The summed E-state index contributed by atoms with van der Waals surface area (Å²) in [7, 11) is 0. The zero-order valence-corrected chi connectivity index (χ0v) is 15.7. The highest BCUT2D eigenvalue weighted by Gasteiger charge is 2.76. The van der Waals surface area contributed by atoms with Gasteiger partial charge in [-0.3, -0.25) is 9.59 Å². The highest BCUT2D eigenvalue weighted by atomic mass is 16.1. The monoisotopic (exact) mass is 372 g/mol. The van der Waals surface area contributed by atoms with Gasteiger partial charge in [-0.05, 0) is 37.8 Å². The Balaban J connectivity index is 1.45. The van der Waals surface area contributed by atoms with Crippen molar-refractivity contribution in [3.63, 3.8) is 0 Å². The van der Waals surface area contributed by atoms with Crippen molar-refractivity contribution >= 4 is 11.6 Å². The van der Waals surface area contributed by atoms with Gasteiger partial charge in [0.15, 0.2) is 11.6 Å². The van der Waals surface area contributed by atoms with E-state index in [0.29, 0.717) is 0 Å². The SMILES string of the molecule is O=C(c1ccccc1)[C@]12C[C@@H]3NC[C@H]1[C@@H]1CN[C@@H]2C[C@@]31C(=O)c1ccccc1. The highest BCUT2D eigenvalue weighted by Crippen LogP contribution is 2.68. The number of Topliss-reactive ketones (excluding diaryl/α,β-unsaturated/α-hetero) is 2. The first kappa shape index (κ1) is 16.6. The van der Waals surface area contributed by atoms with Crippen molar-refractivity contribution in [1.82, 2.24) is 10.6 Å². The third-order valence-electron chi connectivity index (χ3n) is 8.22. The summed E-state index contributed by atoms with van der Waals surface area (Å²) < 4.78 is 0. The molecule has 7 fully saturated rings. The smallest absolute Gasteiger partial charge is 0.170 e. The number of ketones is 2. The van der Waals surface area contributed by atoms with Crippen LogP contribution in [0.4, 0.5) is 0 Å². The van der Waals surface area contributed by atoms with E-state index in [1.54, 1.807) is 0 Å². The van der Waals surface area contributed by atoms with Gasteiger partial charge in [-0.2, -0.15) is 0 Å². The van der Waals surface area contributed by atoms with E-state index in [2.05, 4.69) is 10.6 Å². The van der Waals surface area contributed by atoms with Crippen molar-refractivity contribution in [2.24, 2.45) is 22.7 Å². The van der Waals surface area contributed by atoms with Gasteiger partial charge in [0, 0.05) is 23.2 Å². The highest BCUT2D eigenvalue weighted by molar-refractivity contribution is 6.05. The lowest BCUT2D eigenvalue weighted by molar-refractivity contribution is -0.176. The average molecular weight is 372 g/mol. The molecule has 142 valence electrons. The molecule has 0 spiro atoms. The Morgan fingerprint density at radius 2 is 1.07 bits per heavy atom. The molecule has 0 unspecified atom stereocenters. The number of fused-ring (bicyclic) bond motifs is 2. The molecule has 2 aromatic rings. The first-order valence-corrected chi connectivity index (χ1v) is 10.3.